The van der Waals surface area contributed by atoms with Gasteiger partial charge in [0.1, 0.15) is 11.7 Å². The van der Waals surface area contributed by atoms with Crippen LogP contribution in [0.3, 0.4) is 0 Å². The van der Waals surface area contributed by atoms with Gasteiger partial charge in [-0.05, 0) is 53.4 Å². The molecule has 3 aromatic heterocycles. The fourth-order valence-electron chi connectivity index (χ4n) is 5.96. The lowest BCUT2D eigenvalue weighted by molar-refractivity contribution is 0.0499. The number of hydrogen-bond donors (Lipinski definition) is 1. The second-order valence-corrected chi connectivity index (χ2v) is 12.6. The summed E-state index contributed by atoms with van der Waals surface area (Å²) >= 11 is 0. The van der Waals surface area contributed by atoms with Crippen LogP contribution < -0.4 is 21.5 Å². The number of ether oxygens (including phenoxy) is 1. The minimum atomic E-state index is -0.614. The van der Waals surface area contributed by atoms with Crippen molar-refractivity contribution in [2.24, 2.45) is 0 Å². The largest absolute Gasteiger partial charge is 0.444 e. The first-order chi connectivity index (χ1) is 21.6. The highest BCUT2D eigenvalue weighted by molar-refractivity contribution is 5.89. The Bertz CT molecular complexity index is 2030. The lowest BCUT2D eigenvalue weighted by Crippen LogP contribution is -2.49. The second-order valence-electron chi connectivity index (χ2n) is 12.6. The Kier molecular flexibility index (Phi) is 7.83. The Labute approximate surface area is 260 Å². The summed E-state index contributed by atoms with van der Waals surface area (Å²) < 4.78 is 10.1. The maximum atomic E-state index is 14.3. The molecule has 45 heavy (non-hydrogen) atoms. The highest BCUT2D eigenvalue weighted by atomic mass is 16.6. The molecule has 0 spiro atoms. The van der Waals surface area contributed by atoms with Gasteiger partial charge in [0, 0.05) is 42.1 Å². The van der Waals surface area contributed by atoms with Crippen molar-refractivity contribution < 1.29 is 9.53 Å². The molecule has 12 nitrogen and oxygen atoms in total. The molecule has 6 rings (SSSR count). The monoisotopic (exact) mass is 608 g/mol. The minimum Gasteiger partial charge on any atom is -0.444 e. The van der Waals surface area contributed by atoms with E-state index in [2.05, 4.69) is 28.2 Å². The van der Waals surface area contributed by atoms with Crippen LogP contribution in [0.4, 0.5) is 10.7 Å². The summed E-state index contributed by atoms with van der Waals surface area (Å²) in [4.78, 5) is 52.4. The normalized spacial score (nSPS) is 16.7. The molecule has 2 fully saturated rings. The van der Waals surface area contributed by atoms with E-state index in [0.29, 0.717) is 52.2 Å². The predicted molar refractivity (Wildman–Crippen MR) is 170 cm³/mol. The van der Waals surface area contributed by atoms with Crippen molar-refractivity contribution in [3.05, 3.63) is 62.6 Å². The lowest BCUT2D eigenvalue weighted by atomic mass is 10.1. The van der Waals surface area contributed by atoms with E-state index in [0.717, 1.165) is 25.7 Å². The molecule has 1 aliphatic carbocycles. The number of imidazole rings is 1. The van der Waals surface area contributed by atoms with Gasteiger partial charge in [-0.25, -0.2) is 9.59 Å². The SMILES string of the molecule is CC#CCn1c(N2CCC[C@@H](NC(=O)OC(C)(C)C)C2)nc2c1c(=O)n(Cc1ncc(C#N)c3ccccc13)c(=O)n2C1CC1. The van der Waals surface area contributed by atoms with Crippen molar-refractivity contribution in [3.63, 3.8) is 0 Å². The van der Waals surface area contributed by atoms with Crippen molar-refractivity contribution in [2.45, 2.75) is 84.2 Å². The first kappa shape index (κ1) is 29.9. The molecular weight excluding hydrogens is 572 g/mol. The topological polar surface area (TPSA) is 140 Å². The van der Waals surface area contributed by atoms with Gasteiger partial charge in [-0.15, -0.1) is 5.92 Å². The summed E-state index contributed by atoms with van der Waals surface area (Å²) in [5.41, 5.74) is 0.0740. The molecule has 2 aliphatic rings. The van der Waals surface area contributed by atoms with E-state index in [1.54, 1.807) is 16.1 Å². The van der Waals surface area contributed by atoms with Crippen molar-refractivity contribution >= 4 is 34.0 Å². The Morgan fingerprint density at radius 3 is 2.58 bits per heavy atom. The van der Waals surface area contributed by atoms with Gasteiger partial charge in [0.25, 0.3) is 5.56 Å². The molecule has 0 unspecified atom stereocenters. The average molecular weight is 609 g/mol. The molecule has 232 valence electrons. The van der Waals surface area contributed by atoms with Crippen LogP contribution in [-0.4, -0.2) is 54.5 Å². The average Bonchev–Trinajstić information content (AvgIpc) is 3.77. The van der Waals surface area contributed by atoms with E-state index in [9.17, 15) is 19.6 Å². The van der Waals surface area contributed by atoms with Crippen LogP contribution in [0.1, 0.15) is 70.7 Å². The number of pyridine rings is 1. The smallest absolute Gasteiger partial charge is 0.407 e. The molecule has 1 N–H and O–H groups in total. The van der Waals surface area contributed by atoms with E-state index >= 15 is 0 Å². The number of nitriles is 1. The quantitative estimate of drug-likeness (QED) is 0.327. The molecule has 12 heteroatoms. The Morgan fingerprint density at radius 2 is 1.89 bits per heavy atom. The van der Waals surface area contributed by atoms with E-state index in [4.69, 9.17) is 9.72 Å². The fourth-order valence-corrected chi connectivity index (χ4v) is 5.96. The number of carbonyl (C=O) groups is 1. The van der Waals surface area contributed by atoms with E-state index in [-0.39, 0.29) is 25.2 Å². The summed E-state index contributed by atoms with van der Waals surface area (Å²) in [5, 5.41) is 14.0. The molecule has 1 amide bonds. The first-order valence-electron chi connectivity index (χ1n) is 15.3. The Morgan fingerprint density at radius 1 is 1.13 bits per heavy atom. The van der Waals surface area contributed by atoms with Crippen molar-refractivity contribution in [2.75, 3.05) is 18.0 Å². The van der Waals surface area contributed by atoms with Crippen LogP contribution in [0.15, 0.2) is 40.1 Å². The Hall–Kier alpha value is -5.10. The summed E-state index contributed by atoms with van der Waals surface area (Å²) in [6, 6.07) is 9.29. The molecule has 4 heterocycles. The van der Waals surface area contributed by atoms with Crippen molar-refractivity contribution in [1.29, 1.82) is 5.26 Å². The van der Waals surface area contributed by atoms with Crippen LogP contribution in [0.25, 0.3) is 21.9 Å². The van der Waals surface area contributed by atoms with E-state index < -0.39 is 22.9 Å². The number of aromatic nitrogens is 5. The number of alkyl carbamates (subject to hydrolysis) is 1. The molecule has 1 saturated heterocycles. The van der Waals surface area contributed by atoms with Crippen molar-refractivity contribution in [1.82, 2.24) is 29.0 Å². The molecule has 0 bridgehead atoms. The standard InChI is InChI=1S/C33H36N8O4/c1-5-6-16-39-27-28(37-30(39)38-15-9-10-22(19-38)36-31(43)45-33(2,3)4)41(23-13-14-23)32(44)40(29(27)42)20-26-25-12-8-7-11-24(25)21(17-34)18-35-26/h7-8,11-12,18,22-23H,9-10,13-16,19-20H2,1-4H3,(H,36,43)/t22-/m1/s1. The molecule has 4 aromatic rings. The number of benzene rings is 1. The number of nitrogens with zero attached hydrogens (tertiary/aromatic N) is 7. The Balaban J connectivity index is 1.46. The van der Waals surface area contributed by atoms with Crippen LogP contribution in [0.5, 0.6) is 0 Å². The van der Waals surface area contributed by atoms with Gasteiger partial charge in [-0.3, -0.25) is 23.5 Å². The molecule has 1 atom stereocenters. The number of hydrogen-bond acceptors (Lipinski definition) is 8. The second kappa shape index (κ2) is 11.8. The maximum absolute atomic E-state index is 14.3. The van der Waals surface area contributed by atoms with Gasteiger partial charge in [0.15, 0.2) is 11.2 Å². The summed E-state index contributed by atoms with van der Waals surface area (Å²) in [5.74, 6) is 6.54. The number of anilines is 1. The summed E-state index contributed by atoms with van der Waals surface area (Å²) in [7, 11) is 0. The van der Waals surface area contributed by atoms with Crippen LogP contribution in [-0.2, 0) is 17.8 Å². The number of amides is 1. The van der Waals surface area contributed by atoms with Gasteiger partial charge in [0.05, 0.1) is 24.3 Å². The lowest BCUT2D eigenvalue weighted by Gasteiger charge is -2.34. The zero-order chi connectivity index (χ0) is 31.9. The molecule has 0 radical (unpaired) electrons. The van der Waals surface area contributed by atoms with Gasteiger partial charge in [-0.2, -0.15) is 10.2 Å². The van der Waals surface area contributed by atoms with Gasteiger partial charge < -0.3 is 15.0 Å². The minimum absolute atomic E-state index is 0.0574. The van der Waals surface area contributed by atoms with Crippen molar-refractivity contribution in [3.8, 4) is 17.9 Å². The van der Waals surface area contributed by atoms with E-state index in [1.165, 1.54) is 10.8 Å². The van der Waals surface area contributed by atoms with Crippen LogP contribution in [0, 0.1) is 23.2 Å². The number of piperidine rings is 1. The molecule has 1 aliphatic heterocycles. The predicted octanol–water partition coefficient (Wildman–Crippen LogP) is 3.68. The molecular formula is C33H36N8O4. The third kappa shape index (κ3) is 5.88. The number of fused-ring (bicyclic) bond motifs is 2. The summed E-state index contributed by atoms with van der Waals surface area (Å²) in [6.45, 7) is 8.48. The zero-order valence-electron chi connectivity index (χ0n) is 26.0. The number of rotatable bonds is 6. The highest BCUT2D eigenvalue weighted by Crippen LogP contribution is 2.36. The first-order valence-corrected chi connectivity index (χ1v) is 15.3. The number of carbonyl (C=O) groups excluding carboxylic acids is 1. The van der Waals surface area contributed by atoms with Gasteiger partial charge in [-0.1, -0.05) is 30.2 Å². The van der Waals surface area contributed by atoms with Gasteiger partial charge >= 0.3 is 11.8 Å². The molecule has 1 saturated carbocycles. The summed E-state index contributed by atoms with van der Waals surface area (Å²) in [6.07, 6.45) is 4.20. The fraction of sp³-hybridized carbons (Fsp3) is 0.455. The van der Waals surface area contributed by atoms with Gasteiger partial charge in [0.2, 0.25) is 5.95 Å². The number of nitrogens with one attached hydrogen (secondary N) is 1. The van der Waals surface area contributed by atoms with E-state index in [1.807, 2.05) is 49.9 Å². The maximum Gasteiger partial charge on any atom is 0.407 e. The third-order valence-electron chi connectivity index (χ3n) is 8.10. The van der Waals surface area contributed by atoms with Crippen LogP contribution in [0.2, 0.25) is 0 Å². The zero-order valence-corrected chi connectivity index (χ0v) is 26.0. The third-order valence-corrected chi connectivity index (χ3v) is 8.10. The molecule has 1 aromatic carbocycles. The highest BCUT2D eigenvalue weighted by Gasteiger charge is 2.33. The van der Waals surface area contributed by atoms with Crippen LogP contribution >= 0.6 is 0 Å².